The van der Waals surface area contributed by atoms with Crippen LogP contribution in [0, 0.1) is 10.1 Å². The summed E-state index contributed by atoms with van der Waals surface area (Å²) in [4.78, 5) is 12.4. The minimum Gasteiger partial charge on any atom is -0.319 e. The molecule has 0 radical (unpaired) electrons. The molecule has 104 valence electrons. The predicted molar refractivity (Wildman–Crippen MR) is 75.0 cm³/mol. The molecule has 1 N–H and O–H groups in total. The summed E-state index contributed by atoms with van der Waals surface area (Å²) in [6, 6.07) is 7.52. The first-order valence-corrected chi connectivity index (χ1v) is 6.41. The molecule has 6 heteroatoms. The highest BCUT2D eigenvalue weighted by Gasteiger charge is 2.30. The van der Waals surface area contributed by atoms with E-state index in [-0.39, 0.29) is 10.6 Å². The first-order valence-electron chi connectivity index (χ1n) is 6.41. The molecule has 0 aliphatic carbocycles. The predicted octanol–water partition coefficient (Wildman–Crippen LogP) is 1.95. The second kappa shape index (κ2) is 5.54. The molecule has 0 unspecified atom stereocenters. The smallest absolute Gasteiger partial charge is 0.269 e. The molecule has 6 nitrogen and oxygen atoms in total. The van der Waals surface area contributed by atoms with E-state index in [2.05, 4.69) is 36.4 Å². The third-order valence-corrected chi connectivity index (χ3v) is 3.63. The molecule has 1 heterocycles. The Morgan fingerprint density at radius 2 is 2.00 bits per heavy atom. The van der Waals surface area contributed by atoms with Gasteiger partial charge in [-0.05, 0) is 39.6 Å². The number of nitrogens with one attached hydrogen (secondary N) is 1. The molecule has 2 atom stereocenters. The van der Waals surface area contributed by atoms with Gasteiger partial charge in [-0.15, -0.1) is 0 Å². The Labute approximate surface area is 113 Å². The standard InChI is InChI=1S/C13H20N4O2/c1-10-8-13(15(2)3)9-16(10)14-11-4-6-12(7-5-11)17(18)19/h4-7,10,13-14H,8-9H2,1-3H3/t10-,13-/m0/s1. The van der Waals surface area contributed by atoms with Crippen molar-refractivity contribution in [3.05, 3.63) is 34.4 Å². The Morgan fingerprint density at radius 1 is 1.37 bits per heavy atom. The maximum Gasteiger partial charge on any atom is 0.269 e. The van der Waals surface area contributed by atoms with Gasteiger partial charge in [-0.25, -0.2) is 5.01 Å². The first-order chi connectivity index (χ1) is 8.97. The van der Waals surface area contributed by atoms with E-state index in [1.165, 1.54) is 12.1 Å². The Kier molecular flexibility index (Phi) is 4.01. The van der Waals surface area contributed by atoms with Crippen LogP contribution >= 0.6 is 0 Å². The Balaban J connectivity index is 1.99. The number of anilines is 1. The van der Waals surface area contributed by atoms with Gasteiger partial charge < -0.3 is 10.3 Å². The largest absolute Gasteiger partial charge is 0.319 e. The number of likely N-dealkylation sites (N-methyl/N-ethyl adjacent to an activating group) is 1. The van der Waals surface area contributed by atoms with Crippen molar-refractivity contribution >= 4 is 11.4 Å². The van der Waals surface area contributed by atoms with Gasteiger partial charge in [0, 0.05) is 36.4 Å². The van der Waals surface area contributed by atoms with Gasteiger partial charge in [-0.3, -0.25) is 10.1 Å². The highest BCUT2D eigenvalue weighted by Crippen LogP contribution is 2.22. The molecule has 0 amide bonds. The molecule has 0 aromatic heterocycles. The van der Waals surface area contributed by atoms with Crippen molar-refractivity contribution in [1.82, 2.24) is 9.91 Å². The van der Waals surface area contributed by atoms with Gasteiger partial charge in [0.2, 0.25) is 0 Å². The number of hydrogen-bond donors (Lipinski definition) is 1. The van der Waals surface area contributed by atoms with Crippen LogP contribution in [0.25, 0.3) is 0 Å². The number of hydrogen-bond acceptors (Lipinski definition) is 5. The molecule has 0 spiro atoms. The maximum absolute atomic E-state index is 10.6. The van der Waals surface area contributed by atoms with Crippen molar-refractivity contribution in [2.45, 2.75) is 25.4 Å². The summed E-state index contributed by atoms with van der Waals surface area (Å²) < 4.78 is 0. The molecular weight excluding hydrogens is 244 g/mol. The zero-order chi connectivity index (χ0) is 14.0. The number of non-ortho nitro benzene ring substituents is 1. The molecule has 0 bridgehead atoms. The van der Waals surface area contributed by atoms with Crippen LogP contribution in [0.4, 0.5) is 11.4 Å². The molecule has 1 saturated heterocycles. The van der Waals surface area contributed by atoms with Gasteiger partial charge in [-0.2, -0.15) is 0 Å². The number of benzene rings is 1. The number of nitro groups is 1. The molecule has 1 aliphatic heterocycles. The van der Waals surface area contributed by atoms with Gasteiger partial charge in [-0.1, -0.05) is 0 Å². The number of nitro benzene ring substituents is 1. The fourth-order valence-electron chi connectivity index (χ4n) is 2.36. The van der Waals surface area contributed by atoms with Gasteiger partial charge in [0.15, 0.2) is 0 Å². The van der Waals surface area contributed by atoms with E-state index in [9.17, 15) is 10.1 Å². The number of nitrogens with zero attached hydrogens (tertiary/aromatic N) is 3. The van der Waals surface area contributed by atoms with Crippen LogP contribution in [0.1, 0.15) is 13.3 Å². The summed E-state index contributed by atoms with van der Waals surface area (Å²) in [6.07, 6.45) is 1.12. The lowest BCUT2D eigenvalue weighted by atomic mass is 10.2. The molecule has 1 aromatic carbocycles. The van der Waals surface area contributed by atoms with Gasteiger partial charge in [0.1, 0.15) is 0 Å². The van der Waals surface area contributed by atoms with E-state index in [0.717, 1.165) is 18.7 Å². The third-order valence-electron chi connectivity index (χ3n) is 3.63. The average molecular weight is 264 g/mol. The van der Waals surface area contributed by atoms with Crippen molar-refractivity contribution < 1.29 is 4.92 Å². The highest BCUT2D eigenvalue weighted by molar-refractivity contribution is 5.48. The summed E-state index contributed by atoms with van der Waals surface area (Å²) >= 11 is 0. The zero-order valence-corrected chi connectivity index (χ0v) is 11.5. The topological polar surface area (TPSA) is 61.6 Å². The van der Waals surface area contributed by atoms with E-state index in [4.69, 9.17) is 0 Å². The SMILES string of the molecule is C[C@H]1C[C@H](N(C)C)CN1Nc1ccc([N+](=O)[O-])cc1. The molecule has 2 rings (SSSR count). The second-order valence-corrected chi connectivity index (χ2v) is 5.27. The number of hydrazine groups is 1. The van der Waals surface area contributed by atoms with Crippen molar-refractivity contribution in [3.63, 3.8) is 0 Å². The van der Waals surface area contributed by atoms with E-state index in [1.54, 1.807) is 12.1 Å². The normalized spacial score (nSPS) is 23.8. The molecule has 1 aromatic rings. The molecule has 1 aliphatic rings. The Hall–Kier alpha value is -1.66. The number of rotatable bonds is 4. The lowest BCUT2D eigenvalue weighted by Gasteiger charge is -2.23. The summed E-state index contributed by atoms with van der Waals surface area (Å²) in [7, 11) is 4.18. The van der Waals surface area contributed by atoms with Crippen LogP contribution in [0.2, 0.25) is 0 Å². The van der Waals surface area contributed by atoms with E-state index in [1.807, 2.05) is 0 Å². The monoisotopic (exact) mass is 264 g/mol. The van der Waals surface area contributed by atoms with Gasteiger partial charge in [0.05, 0.1) is 4.92 Å². The molecule has 1 fully saturated rings. The van der Waals surface area contributed by atoms with Crippen LogP contribution in [0.15, 0.2) is 24.3 Å². The van der Waals surface area contributed by atoms with Crippen LogP contribution < -0.4 is 5.43 Å². The highest BCUT2D eigenvalue weighted by atomic mass is 16.6. The minimum absolute atomic E-state index is 0.117. The van der Waals surface area contributed by atoms with E-state index in [0.29, 0.717) is 12.1 Å². The van der Waals surface area contributed by atoms with Crippen molar-refractivity contribution in [2.75, 3.05) is 26.1 Å². The fourth-order valence-corrected chi connectivity index (χ4v) is 2.36. The second-order valence-electron chi connectivity index (χ2n) is 5.27. The lowest BCUT2D eigenvalue weighted by Crippen LogP contribution is -2.35. The Morgan fingerprint density at radius 3 is 2.47 bits per heavy atom. The van der Waals surface area contributed by atoms with Crippen molar-refractivity contribution in [3.8, 4) is 0 Å². The zero-order valence-electron chi connectivity index (χ0n) is 11.5. The Bertz CT molecular complexity index is 446. The van der Waals surface area contributed by atoms with Crippen LogP contribution in [0.5, 0.6) is 0 Å². The van der Waals surface area contributed by atoms with Crippen LogP contribution in [-0.2, 0) is 0 Å². The van der Waals surface area contributed by atoms with Crippen molar-refractivity contribution in [1.29, 1.82) is 0 Å². The van der Waals surface area contributed by atoms with E-state index < -0.39 is 0 Å². The first kappa shape index (κ1) is 13.8. The average Bonchev–Trinajstić information content (AvgIpc) is 2.72. The van der Waals surface area contributed by atoms with Crippen molar-refractivity contribution in [2.24, 2.45) is 0 Å². The molecular formula is C13H20N4O2. The summed E-state index contributed by atoms with van der Waals surface area (Å²) in [6.45, 7) is 3.13. The minimum atomic E-state index is -0.385. The maximum atomic E-state index is 10.6. The molecule has 19 heavy (non-hydrogen) atoms. The summed E-state index contributed by atoms with van der Waals surface area (Å²) in [5.41, 5.74) is 4.33. The van der Waals surface area contributed by atoms with Gasteiger partial charge in [0.25, 0.3) is 5.69 Å². The summed E-state index contributed by atoms with van der Waals surface area (Å²) in [5, 5.41) is 12.8. The van der Waals surface area contributed by atoms with Crippen LogP contribution in [-0.4, -0.2) is 47.6 Å². The molecule has 0 saturated carbocycles. The van der Waals surface area contributed by atoms with Crippen LogP contribution in [0.3, 0.4) is 0 Å². The van der Waals surface area contributed by atoms with E-state index >= 15 is 0 Å². The van der Waals surface area contributed by atoms with Gasteiger partial charge >= 0.3 is 0 Å². The summed E-state index contributed by atoms with van der Waals surface area (Å²) in [5.74, 6) is 0. The lowest BCUT2D eigenvalue weighted by molar-refractivity contribution is -0.384. The fraction of sp³-hybridized carbons (Fsp3) is 0.538. The quantitative estimate of drug-likeness (QED) is 0.665. The third kappa shape index (κ3) is 3.21.